The maximum absolute atomic E-state index is 13.8. The van der Waals surface area contributed by atoms with Gasteiger partial charge in [0.15, 0.2) is 0 Å². The third-order valence-electron chi connectivity index (χ3n) is 11.4. The Bertz CT molecular complexity index is 1970. The quantitative estimate of drug-likeness (QED) is 0.0261. The van der Waals surface area contributed by atoms with Crippen molar-refractivity contribution in [3.63, 3.8) is 0 Å². The molecule has 0 aliphatic rings. The Morgan fingerprint density at radius 3 is 1.25 bits per heavy atom. The Morgan fingerprint density at radius 1 is 0.453 bits per heavy atom. The Labute approximate surface area is 437 Å². The lowest BCUT2D eigenvalue weighted by atomic mass is 9.99. The van der Waals surface area contributed by atoms with Crippen LogP contribution in [0.3, 0.4) is 0 Å². The second-order valence-electron chi connectivity index (χ2n) is 20.1. The molecule has 0 saturated heterocycles. The number of hydrogen-bond donors (Lipinski definition) is 16. The zero-order valence-electron chi connectivity index (χ0n) is 44.8. The van der Waals surface area contributed by atoms with Gasteiger partial charge in [-0.2, -0.15) is 0 Å². The molecule has 20 N–H and O–H groups in total. The molecule has 0 aliphatic heterocycles. The minimum atomic E-state index is -1.73. The van der Waals surface area contributed by atoms with E-state index in [0.717, 1.165) is 0 Å². The highest BCUT2D eigenvalue weighted by molar-refractivity contribution is 5.99. The first kappa shape index (κ1) is 68.5. The molecule has 75 heavy (non-hydrogen) atoms. The number of carbonyl (C=O) groups excluding carboxylic acids is 11. The number of primary amides is 2. The summed E-state index contributed by atoms with van der Waals surface area (Å²) in [5.74, 6) is -13.1. The van der Waals surface area contributed by atoms with Crippen molar-refractivity contribution < 1.29 is 72.9 Å². The van der Waals surface area contributed by atoms with Gasteiger partial charge in [-0.1, -0.05) is 55.4 Å². The van der Waals surface area contributed by atoms with Crippen LogP contribution in [0.1, 0.15) is 121 Å². The summed E-state index contributed by atoms with van der Waals surface area (Å²) >= 11 is 0. The van der Waals surface area contributed by atoms with Gasteiger partial charge in [-0.25, -0.2) is 4.79 Å². The van der Waals surface area contributed by atoms with E-state index in [-0.39, 0.29) is 43.9 Å². The first-order valence-electron chi connectivity index (χ1n) is 25.0. The summed E-state index contributed by atoms with van der Waals surface area (Å²) in [5, 5.41) is 52.4. The van der Waals surface area contributed by atoms with Gasteiger partial charge < -0.3 is 86.1 Å². The molecule has 0 aliphatic carbocycles. The van der Waals surface area contributed by atoms with Crippen LogP contribution in [0.15, 0.2) is 0 Å². The van der Waals surface area contributed by atoms with Crippen molar-refractivity contribution in [2.45, 2.75) is 187 Å². The minimum Gasteiger partial charge on any atom is -0.480 e. The lowest BCUT2D eigenvalue weighted by Crippen LogP contribution is -2.62. The predicted octanol–water partition coefficient (Wildman–Crippen LogP) is -5.17. The normalized spacial score (nSPS) is 15.8. The van der Waals surface area contributed by atoms with Crippen molar-refractivity contribution in [1.82, 2.24) is 47.9 Å². The number of nitrogens with one attached hydrogen (secondary N) is 9. The van der Waals surface area contributed by atoms with Crippen LogP contribution < -0.4 is 70.8 Å². The zero-order valence-corrected chi connectivity index (χ0v) is 44.8. The van der Waals surface area contributed by atoms with Crippen LogP contribution in [0.5, 0.6) is 0 Å². The molecule has 28 heteroatoms. The third-order valence-corrected chi connectivity index (χ3v) is 11.4. The Balaban J connectivity index is 6.20. The van der Waals surface area contributed by atoms with Gasteiger partial charge in [-0.05, 0) is 82.6 Å². The van der Waals surface area contributed by atoms with Crippen molar-refractivity contribution in [2.75, 3.05) is 13.2 Å². The van der Waals surface area contributed by atoms with Gasteiger partial charge in [0, 0.05) is 6.42 Å². The molecule has 0 aromatic carbocycles. The second-order valence-corrected chi connectivity index (χ2v) is 20.1. The van der Waals surface area contributed by atoms with Crippen molar-refractivity contribution in [2.24, 2.45) is 46.6 Å². The number of unbranched alkanes of at least 4 members (excludes halogenated alkanes) is 1. The monoisotopic (exact) mass is 1070 g/mol. The second kappa shape index (κ2) is 34.1. The highest BCUT2D eigenvalue weighted by Crippen LogP contribution is 2.12. The Morgan fingerprint density at radius 2 is 0.853 bits per heavy atom. The molecule has 0 aromatic heterocycles. The Kier molecular flexibility index (Phi) is 31.2. The molecular formula is C47H85N13O15. The molecule has 0 spiro atoms. The van der Waals surface area contributed by atoms with Crippen LogP contribution in [-0.2, 0) is 57.5 Å². The van der Waals surface area contributed by atoms with Crippen molar-refractivity contribution >= 4 is 70.9 Å². The smallest absolute Gasteiger partial charge is 0.326 e. The van der Waals surface area contributed by atoms with E-state index in [1.165, 1.54) is 27.7 Å². The highest BCUT2D eigenvalue weighted by Gasteiger charge is 2.37. The number of carbonyl (C=O) groups is 12. The summed E-state index contributed by atoms with van der Waals surface area (Å²) < 4.78 is 0. The number of aliphatic hydroxyl groups is 2. The van der Waals surface area contributed by atoms with Crippen LogP contribution in [0, 0.1) is 23.7 Å². The molecule has 0 rings (SSSR count). The summed E-state index contributed by atoms with van der Waals surface area (Å²) in [4.78, 5) is 156. The van der Waals surface area contributed by atoms with Gasteiger partial charge in [0.1, 0.15) is 54.4 Å². The van der Waals surface area contributed by atoms with E-state index in [0.29, 0.717) is 19.4 Å². The summed E-state index contributed by atoms with van der Waals surface area (Å²) in [7, 11) is 0. The summed E-state index contributed by atoms with van der Waals surface area (Å²) in [5.41, 5.74) is 21.5. The van der Waals surface area contributed by atoms with Crippen LogP contribution in [0.4, 0.5) is 0 Å². The van der Waals surface area contributed by atoms with Gasteiger partial charge in [0.05, 0.1) is 25.2 Å². The standard InChI is InChI=1S/C47H85N13O15/c1-21(2)17-30(41(68)59-35(23(5)6)44(71)54-29(47(74)75)13-11-12-16-48)55-38(65)25(9)52-46(73)37(26(10)62)60-42(69)31(18-22(3)4)56-43(70)32(20-61)57-45(72)36(24(7)8)58-40(67)28(14-15-33(50)63)53-39(66)27(49)19-34(51)64/h21-32,35-37,61-62H,11-20,48-49H2,1-10H3,(H2,50,63)(H2,51,64)(H,52,73)(H,53,66)(H,54,71)(H,55,65)(H,56,70)(H,57,72)(H,58,67)(H,59,68)(H,60,69)(H,74,75)/t25-,26+,27-,28-,29-,30-,31-,32-,35-,36-,37-/m0/s1. The summed E-state index contributed by atoms with van der Waals surface area (Å²) in [6.07, 6.45) is -1.81. The number of aliphatic carboxylic acids is 1. The van der Waals surface area contributed by atoms with Gasteiger partial charge in [-0.15, -0.1) is 0 Å². The number of aliphatic hydroxyl groups excluding tert-OH is 2. The van der Waals surface area contributed by atoms with Gasteiger partial charge in [-0.3, -0.25) is 52.7 Å². The molecule has 0 fully saturated rings. The number of amides is 11. The number of hydrogen-bond acceptors (Lipinski definition) is 16. The molecule has 0 heterocycles. The summed E-state index contributed by atoms with van der Waals surface area (Å²) in [6.45, 7) is 15.0. The van der Waals surface area contributed by atoms with E-state index >= 15 is 0 Å². The van der Waals surface area contributed by atoms with Crippen molar-refractivity contribution in [3.8, 4) is 0 Å². The van der Waals surface area contributed by atoms with Crippen LogP contribution >= 0.6 is 0 Å². The lowest BCUT2D eigenvalue weighted by molar-refractivity contribution is -0.143. The van der Waals surface area contributed by atoms with Crippen LogP contribution in [-0.4, -0.2) is 166 Å². The number of carboxylic acids is 1. The van der Waals surface area contributed by atoms with Crippen molar-refractivity contribution in [1.29, 1.82) is 0 Å². The molecule has 0 radical (unpaired) electrons. The molecule has 0 unspecified atom stereocenters. The topological polar surface area (TPSA) is 478 Å². The van der Waals surface area contributed by atoms with Crippen LogP contribution in [0.2, 0.25) is 0 Å². The van der Waals surface area contributed by atoms with E-state index in [4.69, 9.17) is 22.9 Å². The van der Waals surface area contributed by atoms with Gasteiger partial charge in [0.25, 0.3) is 0 Å². The average Bonchev–Trinajstić information content (AvgIpc) is 3.29. The molecule has 0 saturated carbocycles. The number of rotatable bonds is 36. The number of carboxylic acid groups (broad SMARTS) is 1. The largest absolute Gasteiger partial charge is 0.480 e. The molecule has 11 amide bonds. The fraction of sp³-hybridized carbons (Fsp3) is 0.745. The average molecular weight is 1070 g/mol. The molecule has 28 nitrogen and oxygen atoms in total. The van der Waals surface area contributed by atoms with Crippen molar-refractivity contribution in [3.05, 3.63) is 0 Å². The van der Waals surface area contributed by atoms with Gasteiger partial charge >= 0.3 is 5.97 Å². The van der Waals surface area contributed by atoms with E-state index in [1.54, 1.807) is 41.5 Å². The predicted molar refractivity (Wildman–Crippen MR) is 271 cm³/mol. The van der Waals surface area contributed by atoms with E-state index in [1.807, 2.05) is 0 Å². The van der Waals surface area contributed by atoms with E-state index in [9.17, 15) is 72.9 Å². The Hall–Kier alpha value is -6.52. The third kappa shape index (κ3) is 26.0. The van der Waals surface area contributed by atoms with Gasteiger partial charge in [0.2, 0.25) is 65.0 Å². The SMILES string of the molecule is CC(C)C[C@H](NC(=O)[C@H](C)NC(=O)[C@@H](NC(=O)[C@H](CC(C)C)NC(=O)[C@H](CO)NC(=O)[C@@H](NC(=O)[C@H](CCC(N)=O)NC(=O)[C@@H](N)CC(N)=O)C(C)C)[C@@H](C)O)C(=O)N[C@H](C(=O)N[C@@H](CCCCN)C(=O)O)C(C)C. The fourth-order valence-corrected chi connectivity index (χ4v) is 7.19. The van der Waals surface area contributed by atoms with E-state index < -0.39 is 162 Å². The molecule has 11 atom stereocenters. The summed E-state index contributed by atoms with van der Waals surface area (Å²) in [6, 6.07) is -14.4. The fourth-order valence-electron chi connectivity index (χ4n) is 7.19. The first-order chi connectivity index (χ1) is 34.8. The molecular weight excluding hydrogens is 987 g/mol. The number of nitrogens with two attached hydrogens (primary N) is 4. The highest BCUT2D eigenvalue weighted by atomic mass is 16.4. The maximum atomic E-state index is 13.8. The maximum Gasteiger partial charge on any atom is 0.326 e. The minimum absolute atomic E-state index is 0.0730. The molecule has 0 bridgehead atoms. The lowest BCUT2D eigenvalue weighted by Gasteiger charge is -2.29. The first-order valence-corrected chi connectivity index (χ1v) is 25.0. The molecule has 428 valence electrons. The molecule has 0 aromatic rings. The zero-order chi connectivity index (χ0) is 58.0. The van der Waals surface area contributed by atoms with E-state index in [2.05, 4.69) is 47.9 Å². The van der Waals surface area contributed by atoms with Crippen LogP contribution in [0.25, 0.3) is 0 Å².